The van der Waals surface area contributed by atoms with Gasteiger partial charge in [0.05, 0.1) is 16.6 Å². The molecule has 0 amide bonds. The van der Waals surface area contributed by atoms with Crippen molar-refractivity contribution in [3.05, 3.63) is 146 Å². The van der Waals surface area contributed by atoms with Gasteiger partial charge in [-0.2, -0.15) is 0 Å². The van der Waals surface area contributed by atoms with E-state index in [9.17, 15) is 0 Å². The SMILES string of the molecule is c1ccc2c(c1)-c1cc(-n3c4ccccc4c4ccccc43)ccc1-c1ccc3ncccc3c1-c1ccccc1-2. The molecule has 0 N–H and O–H groups in total. The van der Waals surface area contributed by atoms with E-state index in [0.29, 0.717) is 0 Å². The highest BCUT2D eigenvalue weighted by molar-refractivity contribution is 6.12. The van der Waals surface area contributed by atoms with Crippen molar-refractivity contribution < 1.29 is 0 Å². The Labute approximate surface area is 237 Å². The van der Waals surface area contributed by atoms with Crippen molar-refractivity contribution >= 4 is 32.7 Å². The molecule has 0 atom stereocenters. The second-order valence-corrected chi connectivity index (χ2v) is 10.7. The maximum absolute atomic E-state index is 4.72. The van der Waals surface area contributed by atoms with E-state index >= 15 is 0 Å². The van der Waals surface area contributed by atoms with Crippen LogP contribution in [0, 0.1) is 0 Å². The lowest BCUT2D eigenvalue weighted by atomic mass is 9.79. The number of aromatic nitrogens is 2. The molecule has 190 valence electrons. The van der Waals surface area contributed by atoms with E-state index in [1.54, 1.807) is 0 Å². The van der Waals surface area contributed by atoms with Crippen LogP contribution in [0.25, 0.3) is 82.9 Å². The minimum absolute atomic E-state index is 1.01. The molecule has 0 saturated heterocycles. The van der Waals surface area contributed by atoms with Crippen molar-refractivity contribution in [2.45, 2.75) is 0 Å². The summed E-state index contributed by atoms with van der Waals surface area (Å²) < 4.78 is 2.41. The summed E-state index contributed by atoms with van der Waals surface area (Å²) in [5.41, 5.74) is 14.5. The highest BCUT2D eigenvalue weighted by Crippen LogP contribution is 2.50. The smallest absolute Gasteiger partial charge is 0.0708 e. The molecule has 41 heavy (non-hydrogen) atoms. The molecule has 9 rings (SSSR count). The van der Waals surface area contributed by atoms with E-state index < -0.39 is 0 Å². The van der Waals surface area contributed by atoms with Gasteiger partial charge in [-0.1, -0.05) is 103 Å². The molecule has 2 aromatic heterocycles. The maximum Gasteiger partial charge on any atom is 0.0708 e. The molecule has 8 aromatic rings. The molecule has 1 aliphatic carbocycles. The van der Waals surface area contributed by atoms with Crippen LogP contribution in [0.1, 0.15) is 0 Å². The summed E-state index contributed by atoms with van der Waals surface area (Å²) in [6.07, 6.45) is 1.88. The number of benzene rings is 6. The van der Waals surface area contributed by atoms with E-state index in [2.05, 4.69) is 138 Å². The third-order valence-corrected chi connectivity index (χ3v) is 8.62. The predicted molar refractivity (Wildman–Crippen MR) is 171 cm³/mol. The van der Waals surface area contributed by atoms with E-state index in [1.165, 1.54) is 71.7 Å². The van der Waals surface area contributed by atoms with Gasteiger partial charge < -0.3 is 4.57 Å². The first-order valence-corrected chi connectivity index (χ1v) is 14.1. The Hall–Kier alpha value is -5.47. The summed E-state index contributed by atoms with van der Waals surface area (Å²) in [5, 5.41) is 3.72. The summed E-state index contributed by atoms with van der Waals surface area (Å²) in [6, 6.07) is 50.7. The minimum Gasteiger partial charge on any atom is -0.309 e. The highest BCUT2D eigenvalue weighted by Gasteiger charge is 2.24. The van der Waals surface area contributed by atoms with Crippen LogP contribution in [-0.4, -0.2) is 9.55 Å². The van der Waals surface area contributed by atoms with Crippen molar-refractivity contribution in [2.75, 3.05) is 0 Å². The monoisotopic (exact) mass is 520 g/mol. The fraction of sp³-hybridized carbons (Fsp3) is 0. The molecule has 0 bridgehead atoms. The third-order valence-electron chi connectivity index (χ3n) is 8.62. The molecule has 2 heterocycles. The summed E-state index contributed by atoms with van der Waals surface area (Å²) in [5.74, 6) is 0. The second kappa shape index (κ2) is 8.51. The van der Waals surface area contributed by atoms with Gasteiger partial charge in [-0.15, -0.1) is 0 Å². The molecule has 0 fully saturated rings. The molecular weight excluding hydrogens is 496 g/mol. The molecule has 0 radical (unpaired) electrons. The molecule has 2 nitrogen and oxygen atoms in total. The van der Waals surface area contributed by atoms with E-state index in [-0.39, 0.29) is 0 Å². The van der Waals surface area contributed by atoms with Gasteiger partial charge in [0.2, 0.25) is 0 Å². The van der Waals surface area contributed by atoms with Gasteiger partial charge >= 0.3 is 0 Å². The zero-order chi connectivity index (χ0) is 26.9. The topological polar surface area (TPSA) is 17.8 Å². The van der Waals surface area contributed by atoms with Gasteiger partial charge in [0.15, 0.2) is 0 Å². The number of rotatable bonds is 1. The van der Waals surface area contributed by atoms with Crippen LogP contribution in [0.5, 0.6) is 0 Å². The first-order valence-electron chi connectivity index (χ1n) is 14.1. The van der Waals surface area contributed by atoms with Crippen molar-refractivity contribution in [1.82, 2.24) is 9.55 Å². The number of pyridine rings is 1. The van der Waals surface area contributed by atoms with E-state index in [0.717, 1.165) is 11.2 Å². The summed E-state index contributed by atoms with van der Waals surface area (Å²) in [4.78, 5) is 4.72. The van der Waals surface area contributed by atoms with Crippen LogP contribution in [0.4, 0.5) is 0 Å². The van der Waals surface area contributed by atoms with Crippen molar-refractivity contribution in [3.8, 4) is 50.2 Å². The normalized spacial score (nSPS) is 11.9. The van der Waals surface area contributed by atoms with Gasteiger partial charge in [-0.05, 0) is 80.9 Å². The zero-order valence-corrected chi connectivity index (χ0v) is 22.3. The first-order chi connectivity index (χ1) is 20.4. The third kappa shape index (κ3) is 3.16. The predicted octanol–water partition coefficient (Wildman–Crippen LogP) is 10.3. The number of hydrogen-bond donors (Lipinski definition) is 0. The zero-order valence-electron chi connectivity index (χ0n) is 22.3. The van der Waals surface area contributed by atoms with Crippen LogP contribution in [-0.2, 0) is 0 Å². The van der Waals surface area contributed by atoms with Crippen LogP contribution >= 0.6 is 0 Å². The van der Waals surface area contributed by atoms with Gasteiger partial charge in [0, 0.05) is 28.0 Å². The Bertz CT molecular complexity index is 2270. The van der Waals surface area contributed by atoms with Crippen LogP contribution in [0.3, 0.4) is 0 Å². The van der Waals surface area contributed by atoms with Crippen molar-refractivity contribution in [2.24, 2.45) is 0 Å². The number of hydrogen-bond acceptors (Lipinski definition) is 1. The quantitative estimate of drug-likeness (QED) is 0.210. The second-order valence-electron chi connectivity index (χ2n) is 10.7. The maximum atomic E-state index is 4.72. The lowest BCUT2D eigenvalue weighted by Gasteiger charge is -2.25. The Kier molecular flexibility index (Phi) is 4.64. The lowest BCUT2D eigenvalue weighted by Crippen LogP contribution is -2.00. The summed E-state index contributed by atoms with van der Waals surface area (Å²) >= 11 is 0. The van der Waals surface area contributed by atoms with Gasteiger partial charge in [0.25, 0.3) is 0 Å². The van der Waals surface area contributed by atoms with E-state index in [1.807, 2.05) is 12.3 Å². The number of para-hydroxylation sites is 2. The lowest BCUT2D eigenvalue weighted by molar-refractivity contribution is 1.18. The fourth-order valence-electron chi connectivity index (χ4n) is 6.89. The average molecular weight is 521 g/mol. The van der Waals surface area contributed by atoms with Crippen molar-refractivity contribution in [3.63, 3.8) is 0 Å². The van der Waals surface area contributed by atoms with Gasteiger partial charge in [0.1, 0.15) is 0 Å². The molecule has 2 heteroatoms. The molecule has 6 aromatic carbocycles. The first kappa shape index (κ1) is 22.4. The molecule has 0 saturated carbocycles. The Morgan fingerprint density at radius 3 is 1.66 bits per heavy atom. The number of fused-ring (bicyclic) bond motifs is 13. The molecule has 1 aliphatic rings. The summed E-state index contributed by atoms with van der Waals surface area (Å²) in [7, 11) is 0. The Morgan fingerprint density at radius 1 is 0.390 bits per heavy atom. The molecule has 0 spiro atoms. The van der Waals surface area contributed by atoms with Crippen LogP contribution < -0.4 is 0 Å². The minimum atomic E-state index is 1.01. The van der Waals surface area contributed by atoms with E-state index in [4.69, 9.17) is 4.98 Å². The van der Waals surface area contributed by atoms with Gasteiger partial charge in [-0.3, -0.25) is 4.98 Å². The molecule has 0 aliphatic heterocycles. The number of nitrogens with zero attached hydrogens (tertiary/aromatic N) is 2. The molecular formula is C39H24N2. The highest BCUT2D eigenvalue weighted by atomic mass is 15.0. The summed E-state index contributed by atoms with van der Waals surface area (Å²) in [6.45, 7) is 0. The Balaban J connectivity index is 1.43. The standard InChI is InChI=1S/C39H24N2/c1-2-12-28-26(10-1)27-11-3-4-15-32(27)39-33(21-22-36-34(39)16-9-23-40-36)29-20-19-25(24-35(28)29)41-37-17-7-5-13-30(37)31-14-6-8-18-38(31)41/h1-24H. The fourth-order valence-corrected chi connectivity index (χ4v) is 6.89. The largest absolute Gasteiger partial charge is 0.309 e. The van der Waals surface area contributed by atoms with Gasteiger partial charge in [-0.25, -0.2) is 0 Å². The Morgan fingerprint density at radius 2 is 0.927 bits per heavy atom. The van der Waals surface area contributed by atoms with Crippen LogP contribution in [0.15, 0.2) is 146 Å². The van der Waals surface area contributed by atoms with Crippen molar-refractivity contribution in [1.29, 1.82) is 0 Å². The average Bonchev–Trinajstić information content (AvgIpc) is 3.38. The van der Waals surface area contributed by atoms with Crippen LogP contribution in [0.2, 0.25) is 0 Å². The molecule has 0 unspecified atom stereocenters.